The zero-order valence-electron chi connectivity index (χ0n) is 6.48. The van der Waals surface area contributed by atoms with Gasteiger partial charge >= 0.3 is 0 Å². The standard InChI is InChI=1S/C8H5FN2O.ClH/c9-11-7-2-1-5-10-6(7)3-4-8(11)12;/h1-5H;1H. The minimum Gasteiger partial charge on any atom is -0.267 e. The molecule has 0 radical (unpaired) electrons. The molecule has 0 aliphatic heterocycles. The van der Waals surface area contributed by atoms with Gasteiger partial charge in [-0.05, 0) is 18.2 Å². The van der Waals surface area contributed by atoms with Gasteiger partial charge in [-0.3, -0.25) is 9.78 Å². The molecular formula is C8H6ClFN2O. The van der Waals surface area contributed by atoms with Gasteiger partial charge in [0.15, 0.2) is 0 Å². The van der Waals surface area contributed by atoms with Crippen LogP contribution in [-0.4, -0.2) is 9.77 Å². The lowest BCUT2D eigenvalue weighted by Gasteiger charge is -1.96. The molecular weight excluding hydrogens is 195 g/mol. The first kappa shape index (κ1) is 9.67. The Hall–Kier alpha value is -1.42. The molecule has 2 aromatic rings. The summed E-state index contributed by atoms with van der Waals surface area (Å²) in [4.78, 5) is 14.8. The van der Waals surface area contributed by atoms with E-state index < -0.39 is 5.56 Å². The van der Waals surface area contributed by atoms with Gasteiger partial charge in [0.25, 0.3) is 5.56 Å². The highest BCUT2D eigenvalue weighted by Crippen LogP contribution is 2.06. The second kappa shape index (κ2) is 3.53. The number of halogens is 2. The van der Waals surface area contributed by atoms with E-state index >= 15 is 0 Å². The predicted molar refractivity (Wildman–Crippen MR) is 49.8 cm³/mol. The Bertz CT molecular complexity index is 483. The Morgan fingerprint density at radius 3 is 2.85 bits per heavy atom. The molecule has 0 saturated heterocycles. The summed E-state index contributed by atoms with van der Waals surface area (Å²) in [5.74, 6) is 0. The number of hydrogen-bond donors (Lipinski definition) is 0. The van der Waals surface area contributed by atoms with E-state index in [0.29, 0.717) is 5.52 Å². The fraction of sp³-hybridized carbons (Fsp3) is 0. The first-order chi connectivity index (χ1) is 5.79. The van der Waals surface area contributed by atoms with Crippen molar-refractivity contribution >= 4 is 23.4 Å². The molecule has 0 aliphatic carbocycles. The molecule has 2 heterocycles. The van der Waals surface area contributed by atoms with Crippen LogP contribution >= 0.6 is 12.4 Å². The SMILES string of the molecule is Cl.O=c1ccc2ncccc2n1F. The minimum absolute atomic E-state index is 0. The number of aromatic nitrogens is 2. The smallest absolute Gasteiger partial charge is 0.267 e. The Balaban J connectivity index is 0.000000845. The molecule has 0 aliphatic rings. The van der Waals surface area contributed by atoms with Crippen LogP contribution in [0.3, 0.4) is 0 Å². The molecule has 0 saturated carbocycles. The van der Waals surface area contributed by atoms with E-state index in [1.165, 1.54) is 12.1 Å². The van der Waals surface area contributed by atoms with Crippen LogP contribution in [-0.2, 0) is 0 Å². The van der Waals surface area contributed by atoms with Gasteiger partial charge in [0.05, 0.1) is 5.52 Å². The largest absolute Gasteiger partial charge is 0.279 e. The Morgan fingerprint density at radius 1 is 1.31 bits per heavy atom. The van der Waals surface area contributed by atoms with Gasteiger partial charge < -0.3 is 0 Å². The van der Waals surface area contributed by atoms with Crippen molar-refractivity contribution in [3.8, 4) is 0 Å². The molecule has 0 spiro atoms. The third kappa shape index (κ3) is 1.53. The Kier molecular flexibility index (Phi) is 2.63. The molecule has 0 unspecified atom stereocenters. The van der Waals surface area contributed by atoms with Crippen LogP contribution in [0.25, 0.3) is 11.0 Å². The Labute approximate surface area is 79.2 Å². The summed E-state index contributed by atoms with van der Waals surface area (Å²) in [5, 5.41) is 0. The summed E-state index contributed by atoms with van der Waals surface area (Å²) in [6, 6.07) is 5.73. The summed E-state index contributed by atoms with van der Waals surface area (Å²) >= 11 is 0. The fourth-order valence-electron chi connectivity index (χ4n) is 1.04. The molecule has 0 aromatic carbocycles. The topological polar surface area (TPSA) is 34.9 Å². The lowest BCUT2D eigenvalue weighted by molar-refractivity contribution is 0.371. The minimum atomic E-state index is -0.671. The molecule has 2 rings (SSSR count). The average molecular weight is 201 g/mol. The Morgan fingerprint density at radius 2 is 2.08 bits per heavy atom. The first-order valence-electron chi connectivity index (χ1n) is 3.42. The van der Waals surface area contributed by atoms with Crippen LogP contribution in [0, 0.1) is 0 Å². The monoisotopic (exact) mass is 200 g/mol. The zero-order chi connectivity index (χ0) is 8.55. The van der Waals surface area contributed by atoms with Crippen LogP contribution in [0.1, 0.15) is 0 Å². The number of hydrogen-bond acceptors (Lipinski definition) is 2. The van der Waals surface area contributed by atoms with Crippen LogP contribution in [0.2, 0.25) is 0 Å². The third-order valence-corrected chi connectivity index (χ3v) is 1.60. The number of fused-ring (bicyclic) bond motifs is 1. The van der Waals surface area contributed by atoms with Gasteiger partial charge in [0.2, 0.25) is 0 Å². The van der Waals surface area contributed by atoms with Crippen molar-refractivity contribution in [3.05, 3.63) is 40.8 Å². The molecule has 0 atom stereocenters. The van der Waals surface area contributed by atoms with Crippen molar-refractivity contribution < 1.29 is 4.48 Å². The summed E-state index contributed by atoms with van der Waals surface area (Å²) in [5.41, 5.74) is 0.0000926. The fourth-order valence-corrected chi connectivity index (χ4v) is 1.04. The highest BCUT2D eigenvalue weighted by atomic mass is 35.5. The summed E-state index contributed by atoms with van der Waals surface area (Å²) < 4.78 is 13.0. The van der Waals surface area contributed by atoms with Crippen LogP contribution in [0.15, 0.2) is 35.3 Å². The summed E-state index contributed by atoms with van der Waals surface area (Å²) in [6.45, 7) is 0. The highest BCUT2D eigenvalue weighted by Gasteiger charge is 2.00. The molecule has 13 heavy (non-hydrogen) atoms. The molecule has 68 valence electrons. The van der Waals surface area contributed by atoms with E-state index in [1.807, 2.05) is 0 Å². The van der Waals surface area contributed by atoms with Gasteiger partial charge in [-0.2, -0.15) is 0 Å². The molecule has 0 N–H and O–H groups in total. The molecule has 5 heteroatoms. The van der Waals surface area contributed by atoms with Gasteiger partial charge in [0, 0.05) is 12.3 Å². The van der Waals surface area contributed by atoms with Crippen LogP contribution in [0.4, 0.5) is 4.48 Å². The van der Waals surface area contributed by atoms with E-state index in [0.717, 1.165) is 6.07 Å². The average Bonchev–Trinajstić information content (AvgIpc) is 2.12. The number of nitrogens with zero attached hydrogens (tertiary/aromatic N) is 2. The van der Waals surface area contributed by atoms with Crippen molar-refractivity contribution in [1.82, 2.24) is 9.77 Å². The maximum atomic E-state index is 13.0. The molecule has 0 bridgehead atoms. The second-order valence-electron chi connectivity index (χ2n) is 2.36. The molecule has 3 nitrogen and oxygen atoms in total. The van der Waals surface area contributed by atoms with Crippen molar-refractivity contribution in [1.29, 1.82) is 0 Å². The van der Waals surface area contributed by atoms with Crippen LogP contribution < -0.4 is 5.56 Å². The van der Waals surface area contributed by atoms with Crippen LogP contribution in [0.5, 0.6) is 0 Å². The summed E-state index contributed by atoms with van der Waals surface area (Å²) in [6.07, 6.45) is 1.55. The third-order valence-electron chi connectivity index (χ3n) is 1.60. The second-order valence-corrected chi connectivity index (χ2v) is 2.36. The van der Waals surface area contributed by atoms with Gasteiger partial charge in [-0.15, -0.1) is 17.2 Å². The predicted octanol–water partition coefficient (Wildman–Crippen LogP) is 1.55. The quantitative estimate of drug-likeness (QED) is 0.647. The lowest BCUT2D eigenvalue weighted by Crippen LogP contribution is -2.11. The van der Waals surface area contributed by atoms with E-state index in [4.69, 9.17) is 0 Å². The maximum absolute atomic E-state index is 13.0. The molecule has 2 aromatic heterocycles. The van der Waals surface area contributed by atoms with Gasteiger partial charge in [-0.1, -0.05) is 4.48 Å². The van der Waals surface area contributed by atoms with Gasteiger partial charge in [0.1, 0.15) is 5.52 Å². The first-order valence-corrected chi connectivity index (χ1v) is 3.42. The highest BCUT2D eigenvalue weighted by molar-refractivity contribution is 5.85. The zero-order valence-corrected chi connectivity index (χ0v) is 7.29. The van der Waals surface area contributed by atoms with Crippen molar-refractivity contribution in [2.75, 3.05) is 0 Å². The van der Waals surface area contributed by atoms with E-state index in [1.54, 1.807) is 12.3 Å². The van der Waals surface area contributed by atoms with E-state index in [2.05, 4.69) is 4.98 Å². The van der Waals surface area contributed by atoms with Crippen molar-refractivity contribution in [2.45, 2.75) is 0 Å². The summed E-state index contributed by atoms with van der Waals surface area (Å²) in [7, 11) is 0. The van der Waals surface area contributed by atoms with E-state index in [9.17, 15) is 9.28 Å². The molecule has 0 fully saturated rings. The van der Waals surface area contributed by atoms with Gasteiger partial charge in [-0.25, -0.2) is 0 Å². The van der Waals surface area contributed by atoms with Crippen molar-refractivity contribution in [2.24, 2.45) is 0 Å². The molecule has 0 amide bonds. The number of rotatable bonds is 0. The lowest BCUT2D eigenvalue weighted by atomic mass is 10.3. The normalized spacial score (nSPS) is 9.62. The van der Waals surface area contributed by atoms with Crippen molar-refractivity contribution in [3.63, 3.8) is 0 Å². The van der Waals surface area contributed by atoms with E-state index in [-0.39, 0.29) is 22.7 Å². The maximum Gasteiger partial charge on any atom is 0.279 e. The number of pyridine rings is 2.